The summed E-state index contributed by atoms with van der Waals surface area (Å²) in [7, 11) is -4.24. The number of aryl methyl sites for hydroxylation is 1. The second-order valence-electron chi connectivity index (χ2n) is 10.3. The van der Waals surface area contributed by atoms with E-state index in [0.717, 1.165) is 41.1 Å². The molecule has 0 heterocycles. The van der Waals surface area contributed by atoms with Gasteiger partial charge in [-0.2, -0.15) is 0 Å². The molecule has 1 unspecified atom stereocenters. The van der Waals surface area contributed by atoms with Crippen LogP contribution < -0.4 is 9.62 Å². The van der Waals surface area contributed by atoms with Crippen molar-refractivity contribution < 1.29 is 18.0 Å². The molecule has 1 N–H and O–H groups in total. The van der Waals surface area contributed by atoms with Gasteiger partial charge < -0.3 is 10.2 Å². The summed E-state index contributed by atoms with van der Waals surface area (Å²) >= 11 is 12.8. The Bertz CT molecular complexity index is 1460. The Morgan fingerprint density at radius 3 is 2.24 bits per heavy atom. The highest BCUT2D eigenvalue weighted by molar-refractivity contribution is 7.92. The molecule has 7 nitrogen and oxygen atoms in total. The van der Waals surface area contributed by atoms with Crippen molar-refractivity contribution in [2.75, 3.05) is 10.8 Å². The minimum Gasteiger partial charge on any atom is -0.352 e. The van der Waals surface area contributed by atoms with Crippen molar-refractivity contribution in [3.63, 3.8) is 0 Å². The lowest BCUT2D eigenvalue weighted by Crippen LogP contribution is -2.53. The number of carbonyl (C=O) groups is 2. The third kappa shape index (κ3) is 7.42. The molecule has 3 aromatic rings. The second kappa shape index (κ2) is 13.7. The molecular formula is C31H35Cl2N3O4S. The fraction of sp³-hybridized carbons (Fsp3) is 0.355. The summed E-state index contributed by atoms with van der Waals surface area (Å²) in [5.41, 5.74) is 1.79. The van der Waals surface area contributed by atoms with Crippen molar-refractivity contribution in [2.24, 2.45) is 0 Å². The predicted octanol–water partition coefficient (Wildman–Crippen LogP) is 6.36. The maximum absolute atomic E-state index is 14.2. The van der Waals surface area contributed by atoms with E-state index in [1.165, 1.54) is 23.1 Å². The lowest BCUT2D eigenvalue weighted by atomic mass is 10.1. The number of carbonyl (C=O) groups excluding carboxylic acids is 2. The zero-order chi connectivity index (χ0) is 29.6. The Kier molecular flexibility index (Phi) is 10.3. The average Bonchev–Trinajstić information content (AvgIpc) is 3.47. The maximum Gasteiger partial charge on any atom is 0.264 e. The van der Waals surface area contributed by atoms with Crippen molar-refractivity contribution in [3.8, 4) is 0 Å². The highest BCUT2D eigenvalue weighted by atomic mass is 35.5. The van der Waals surface area contributed by atoms with Gasteiger partial charge in [0.2, 0.25) is 11.8 Å². The Balaban J connectivity index is 1.73. The third-order valence-electron chi connectivity index (χ3n) is 7.37. The van der Waals surface area contributed by atoms with E-state index in [2.05, 4.69) is 5.32 Å². The first-order valence-electron chi connectivity index (χ1n) is 13.8. The molecule has 1 atom stereocenters. The van der Waals surface area contributed by atoms with Crippen LogP contribution in [0.5, 0.6) is 0 Å². The first kappa shape index (κ1) is 30.9. The lowest BCUT2D eigenvalue weighted by molar-refractivity contribution is -0.140. The summed E-state index contributed by atoms with van der Waals surface area (Å²) in [5.74, 6) is -0.772. The molecule has 0 saturated heterocycles. The molecular weight excluding hydrogens is 581 g/mol. The summed E-state index contributed by atoms with van der Waals surface area (Å²) in [6.07, 6.45) is 4.29. The molecule has 41 heavy (non-hydrogen) atoms. The van der Waals surface area contributed by atoms with Gasteiger partial charge in [-0.3, -0.25) is 13.9 Å². The molecule has 1 aliphatic carbocycles. The molecule has 1 fully saturated rings. The number of rotatable bonds is 11. The van der Waals surface area contributed by atoms with Crippen LogP contribution in [0.15, 0.2) is 77.7 Å². The lowest BCUT2D eigenvalue weighted by Gasteiger charge is -2.34. The van der Waals surface area contributed by atoms with Crippen LogP contribution in [0.3, 0.4) is 0 Å². The van der Waals surface area contributed by atoms with Gasteiger partial charge in [0.05, 0.1) is 20.6 Å². The number of hydrogen-bond acceptors (Lipinski definition) is 4. The number of nitrogens with zero attached hydrogens (tertiary/aromatic N) is 2. The maximum atomic E-state index is 14.2. The third-order valence-corrected chi connectivity index (χ3v) is 9.95. The molecule has 0 radical (unpaired) electrons. The van der Waals surface area contributed by atoms with Crippen LogP contribution in [0.25, 0.3) is 0 Å². The smallest absolute Gasteiger partial charge is 0.264 e. The predicted molar refractivity (Wildman–Crippen MR) is 164 cm³/mol. The van der Waals surface area contributed by atoms with E-state index in [4.69, 9.17) is 23.2 Å². The quantitative estimate of drug-likeness (QED) is 0.272. The highest BCUT2D eigenvalue weighted by Gasteiger charge is 2.35. The fourth-order valence-corrected chi connectivity index (χ4v) is 6.98. The van der Waals surface area contributed by atoms with E-state index >= 15 is 0 Å². The molecule has 218 valence electrons. The number of hydrogen-bond donors (Lipinski definition) is 1. The van der Waals surface area contributed by atoms with Gasteiger partial charge in [-0.1, -0.05) is 97.1 Å². The van der Waals surface area contributed by atoms with Crippen molar-refractivity contribution in [1.82, 2.24) is 10.2 Å². The Labute approximate surface area is 252 Å². The van der Waals surface area contributed by atoms with Crippen LogP contribution >= 0.6 is 23.2 Å². The fourth-order valence-electron chi connectivity index (χ4n) is 5.10. The molecule has 1 aliphatic rings. The van der Waals surface area contributed by atoms with E-state index in [1.807, 2.05) is 44.2 Å². The SMILES string of the molecule is CCC(C(=O)NC1CCCC1)N(Cc1ccccc1)C(=O)CN(c1cccc(Cl)c1Cl)S(=O)(=O)c1ccc(C)cc1. The van der Waals surface area contributed by atoms with Crippen LogP contribution in [-0.4, -0.2) is 43.8 Å². The summed E-state index contributed by atoms with van der Waals surface area (Å²) in [4.78, 5) is 29.1. The number of amides is 2. The molecule has 4 rings (SSSR count). The minimum absolute atomic E-state index is 0.00701. The topological polar surface area (TPSA) is 86.8 Å². The van der Waals surface area contributed by atoms with Gasteiger partial charge >= 0.3 is 0 Å². The van der Waals surface area contributed by atoms with Crippen molar-refractivity contribution in [3.05, 3.63) is 94.0 Å². The van der Waals surface area contributed by atoms with Gasteiger partial charge in [-0.25, -0.2) is 8.42 Å². The Morgan fingerprint density at radius 2 is 1.61 bits per heavy atom. The van der Waals surface area contributed by atoms with Crippen molar-refractivity contribution in [2.45, 2.75) is 69.5 Å². The van der Waals surface area contributed by atoms with E-state index in [-0.39, 0.29) is 39.1 Å². The number of anilines is 1. The molecule has 3 aromatic carbocycles. The van der Waals surface area contributed by atoms with Crippen molar-refractivity contribution >= 4 is 50.7 Å². The first-order valence-corrected chi connectivity index (χ1v) is 16.0. The van der Waals surface area contributed by atoms with Crippen LogP contribution in [0, 0.1) is 6.92 Å². The average molecular weight is 617 g/mol. The number of halogens is 2. The van der Waals surface area contributed by atoms with E-state index in [1.54, 1.807) is 24.3 Å². The highest BCUT2D eigenvalue weighted by Crippen LogP contribution is 2.35. The van der Waals surface area contributed by atoms with Gasteiger partial charge in [-0.15, -0.1) is 0 Å². The van der Waals surface area contributed by atoms with Gasteiger partial charge in [0, 0.05) is 12.6 Å². The summed E-state index contributed by atoms with van der Waals surface area (Å²) < 4.78 is 29.0. The molecule has 0 aromatic heterocycles. The molecule has 0 aliphatic heterocycles. The monoisotopic (exact) mass is 615 g/mol. The molecule has 2 amide bonds. The molecule has 10 heteroatoms. The number of nitrogens with one attached hydrogen (secondary N) is 1. The van der Waals surface area contributed by atoms with Crippen LogP contribution in [0.4, 0.5) is 5.69 Å². The molecule has 0 bridgehead atoms. The van der Waals surface area contributed by atoms with Gasteiger partial charge in [-0.05, 0) is 56.0 Å². The second-order valence-corrected chi connectivity index (χ2v) is 13.0. The normalized spacial score (nSPS) is 14.4. The van der Waals surface area contributed by atoms with Crippen LogP contribution in [0.1, 0.15) is 50.2 Å². The summed E-state index contributed by atoms with van der Waals surface area (Å²) in [6, 6.07) is 19.6. The van der Waals surface area contributed by atoms with Gasteiger partial charge in [0.25, 0.3) is 10.0 Å². The first-order chi connectivity index (χ1) is 19.6. The largest absolute Gasteiger partial charge is 0.352 e. The summed E-state index contributed by atoms with van der Waals surface area (Å²) in [6.45, 7) is 3.27. The zero-order valence-corrected chi connectivity index (χ0v) is 25.6. The minimum atomic E-state index is -4.24. The molecule has 0 spiro atoms. The standard InChI is InChI=1S/C31H35Cl2N3O4S/c1-3-27(31(38)34-24-12-7-8-13-24)35(20-23-10-5-4-6-11-23)29(37)21-36(28-15-9-14-26(32)30(28)33)41(39,40)25-18-16-22(2)17-19-25/h4-6,9-11,14-19,24,27H,3,7-8,12-13,20-21H2,1-2H3,(H,34,38). The summed E-state index contributed by atoms with van der Waals surface area (Å²) in [5, 5.41) is 3.28. The van der Waals surface area contributed by atoms with Crippen LogP contribution in [-0.2, 0) is 26.2 Å². The van der Waals surface area contributed by atoms with Crippen molar-refractivity contribution in [1.29, 1.82) is 0 Å². The zero-order valence-electron chi connectivity index (χ0n) is 23.2. The van der Waals surface area contributed by atoms with Crippen LogP contribution in [0.2, 0.25) is 10.0 Å². The van der Waals surface area contributed by atoms with E-state index < -0.39 is 28.5 Å². The van der Waals surface area contributed by atoms with Gasteiger partial charge in [0.15, 0.2) is 0 Å². The van der Waals surface area contributed by atoms with E-state index in [9.17, 15) is 18.0 Å². The van der Waals surface area contributed by atoms with E-state index in [0.29, 0.717) is 6.42 Å². The Morgan fingerprint density at radius 1 is 0.951 bits per heavy atom. The van der Waals surface area contributed by atoms with Gasteiger partial charge in [0.1, 0.15) is 12.6 Å². The number of sulfonamides is 1. The Hall–Kier alpha value is -3.07. The molecule has 1 saturated carbocycles. The number of benzene rings is 3.